The molecule has 18 heavy (non-hydrogen) atoms. The minimum atomic E-state index is -1.28. The molecule has 0 saturated carbocycles. The van der Waals surface area contributed by atoms with Gasteiger partial charge in [0.2, 0.25) is 0 Å². The van der Waals surface area contributed by atoms with E-state index in [0.29, 0.717) is 0 Å². The molecule has 7 heteroatoms. The largest absolute Gasteiger partial charge is 0.504 e. The SMILES string of the molecule is NC(Cc1cccc(O)c1O)C(=O)OCC(=O)O. The van der Waals surface area contributed by atoms with E-state index in [-0.39, 0.29) is 23.5 Å². The molecule has 0 saturated heterocycles. The monoisotopic (exact) mass is 255 g/mol. The van der Waals surface area contributed by atoms with Crippen molar-refractivity contribution in [3.8, 4) is 11.5 Å². The fraction of sp³-hybridized carbons (Fsp3) is 0.273. The number of phenolic OH excluding ortho intramolecular Hbond substituents is 2. The third kappa shape index (κ3) is 3.63. The summed E-state index contributed by atoms with van der Waals surface area (Å²) in [6.07, 6.45) is -0.0707. The van der Waals surface area contributed by atoms with Crippen LogP contribution in [0.3, 0.4) is 0 Å². The van der Waals surface area contributed by atoms with Gasteiger partial charge in [0.15, 0.2) is 18.1 Å². The second-order valence-electron chi connectivity index (χ2n) is 3.60. The van der Waals surface area contributed by atoms with Gasteiger partial charge in [0.05, 0.1) is 0 Å². The van der Waals surface area contributed by atoms with Crippen LogP contribution in [0.25, 0.3) is 0 Å². The number of benzene rings is 1. The number of esters is 1. The Balaban J connectivity index is 2.64. The van der Waals surface area contributed by atoms with Gasteiger partial charge in [-0.2, -0.15) is 0 Å². The van der Waals surface area contributed by atoms with Gasteiger partial charge in [0.1, 0.15) is 6.04 Å². The molecular weight excluding hydrogens is 242 g/mol. The molecule has 0 heterocycles. The zero-order chi connectivity index (χ0) is 13.7. The highest BCUT2D eigenvalue weighted by molar-refractivity contribution is 5.79. The third-order valence-corrected chi connectivity index (χ3v) is 2.18. The van der Waals surface area contributed by atoms with E-state index in [1.54, 1.807) is 0 Å². The van der Waals surface area contributed by atoms with Crippen LogP contribution in [0, 0.1) is 0 Å². The number of carbonyl (C=O) groups is 2. The van der Waals surface area contributed by atoms with Crippen molar-refractivity contribution in [2.24, 2.45) is 5.73 Å². The van der Waals surface area contributed by atoms with Crippen LogP contribution in [0.2, 0.25) is 0 Å². The molecule has 98 valence electrons. The highest BCUT2D eigenvalue weighted by atomic mass is 16.6. The highest BCUT2D eigenvalue weighted by Crippen LogP contribution is 2.28. The van der Waals surface area contributed by atoms with Crippen LogP contribution in [-0.4, -0.2) is 39.9 Å². The minimum absolute atomic E-state index is 0.0707. The van der Waals surface area contributed by atoms with E-state index in [1.807, 2.05) is 0 Å². The Morgan fingerprint density at radius 3 is 2.61 bits per heavy atom. The van der Waals surface area contributed by atoms with Gasteiger partial charge in [-0.25, -0.2) is 4.79 Å². The van der Waals surface area contributed by atoms with Crippen molar-refractivity contribution in [1.82, 2.24) is 0 Å². The number of carbonyl (C=O) groups excluding carboxylic acids is 1. The molecule has 0 aromatic heterocycles. The summed E-state index contributed by atoms with van der Waals surface area (Å²) in [5.74, 6) is -2.85. The molecule has 1 unspecified atom stereocenters. The zero-order valence-corrected chi connectivity index (χ0v) is 9.37. The third-order valence-electron chi connectivity index (χ3n) is 2.18. The normalized spacial score (nSPS) is 11.8. The maximum absolute atomic E-state index is 11.3. The van der Waals surface area contributed by atoms with Crippen LogP contribution in [0.5, 0.6) is 11.5 Å². The second-order valence-corrected chi connectivity index (χ2v) is 3.60. The van der Waals surface area contributed by atoms with Crippen LogP contribution < -0.4 is 5.73 Å². The molecule has 0 spiro atoms. The van der Waals surface area contributed by atoms with Crippen LogP contribution >= 0.6 is 0 Å². The molecule has 0 aliphatic heterocycles. The first-order valence-corrected chi connectivity index (χ1v) is 5.05. The number of aliphatic carboxylic acids is 1. The van der Waals surface area contributed by atoms with Gasteiger partial charge in [-0.15, -0.1) is 0 Å². The molecule has 0 fully saturated rings. The average molecular weight is 255 g/mol. The number of hydrogen-bond donors (Lipinski definition) is 4. The van der Waals surface area contributed by atoms with Crippen molar-refractivity contribution in [2.75, 3.05) is 6.61 Å². The van der Waals surface area contributed by atoms with E-state index >= 15 is 0 Å². The Kier molecular flexibility index (Phi) is 4.50. The first-order valence-electron chi connectivity index (χ1n) is 5.05. The Morgan fingerprint density at radius 2 is 2.00 bits per heavy atom. The van der Waals surface area contributed by atoms with Gasteiger partial charge in [-0.05, 0) is 11.6 Å². The predicted octanol–water partition coefficient (Wildman–Crippen LogP) is -0.405. The molecule has 5 N–H and O–H groups in total. The molecule has 1 aromatic carbocycles. The van der Waals surface area contributed by atoms with Crippen LogP contribution in [0.1, 0.15) is 5.56 Å². The summed E-state index contributed by atoms with van der Waals surface area (Å²) in [6.45, 7) is -0.765. The van der Waals surface area contributed by atoms with Gasteiger partial charge in [0, 0.05) is 6.42 Å². The molecule has 0 aliphatic carbocycles. The van der Waals surface area contributed by atoms with Crippen LogP contribution in [-0.2, 0) is 20.7 Å². The Hall–Kier alpha value is -2.28. The lowest BCUT2D eigenvalue weighted by Gasteiger charge is -2.11. The standard InChI is InChI=1S/C11H13NO6/c12-7(11(17)18-5-9(14)15)4-6-2-1-3-8(13)10(6)16/h1-3,7,13,16H,4-5,12H2,(H,14,15). The van der Waals surface area contributed by atoms with E-state index in [1.165, 1.54) is 18.2 Å². The number of aromatic hydroxyl groups is 2. The summed E-state index contributed by atoms with van der Waals surface area (Å²) in [5.41, 5.74) is 5.77. The van der Waals surface area contributed by atoms with Crippen molar-refractivity contribution < 1.29 is 29.6 Å². The number of hydrogen-bond acceptors (Lipinski definition) is 6. The smallest absolute Gasteiger partial charge is 0.341 e. The number of carboxylic acids is 1. The number of ether oxygens (including phenoxy) is 1. The van der Waals surface area contributed by atoms with E-state index in [4.69, 9.17) is 10.8 Å². The molecule has 0 bridgehead atoms. The molecule has 0 amide bonds. The number of para-hydroxylation sites is 1. The summed E-state index contributed by atoms with van der Waals surface area (Å²) >= 11 is 0. The quantitative estimate of drug-likeness (QED) is 0.415. The highest BCUT2D eigenvalue weighted by Gasteiger charge is 2.19. The minimum Gasteiger partial charge on any atom is -0.504 e. The summed E-state index contributed by atoms with van der Waals surface area (Å²) < 4.78 is 4.40. The summed E-state index contributed by atoms with van der Waals surface area (Å²) in [5, 5.41) is 27.1. The first-order chi connectivity index (χ1) is 8.41. The van der Waals surface area contributed by atoms with Crippen molar-refractivity contribution >= 4 is 11.9 Å². The Labute approximate surface area is 102 Å². The molecule has 1 atom stereocenters. The Bertz CT molecular complexity index is 459. The summed E-state index contributed by atoms with van der Waals surface area (Å²) in [6, 6.07) is 3.14. The lowest BCUT2D eigenvalue weighted by Crippen LogP contribution is -2.35. The van der Waals surface area contributed by atoms with Gasteiger partial charge in [0.25, 0.3) is 0 Å². The fourth-order valence-electron chi connectivity index (χ4n) is 1.30. The predicted molar refractivity (Wildman–Crippen MR) is 60.0 cm³/mol. The van der Waals surface area contributed by atoms with E-state index in [2.05, 4.69) is 4.74 Å². The number of nitrogens with two attached hydrogens (primary N) is 1. The topological polar surface area (TPSA) is 130 Å². The number of rotatable bonds is 5. The summed E-state index contributed by atoms with van der Waals surface area (Å²) in [4.78, 5) is 21.5. The van der Waals surface area contributed by atoms with Crippen LogP contribution in [0.4, 0.5) is 0 Å². The number of carboxylic acid groups (broad SMARTS) is 1. The maximum atomic E-state index is 11.3. The fourth-order valence-corrected chi connectivity index (χ4v) is 1.30. The van der Waals surface area contributed by atoms with Crippen LogP contribution in [0.15, 0.2) is 18.2 Å². The van der Waals surface area contributed by atoms with Gasteiger partial charge in [-0.1, -0.05) is 12.1 Å². The van der Waals surface area contributed by atoms with Gasteiger partial charge < -0.3 is 25.8 Å². The van der Waals surface area contributed by atoms with Gasteiger partial charge >= 0.3 is 11.9 Å². The molecule has 0 radical (unpaired) electrons. The van der Waals surface area contributed by atoms with Gasteiger partial charge in [-0.3, -0.25) is 4.79 Å². The lowest BCUT2D eigenvalue weighted by molar-refractivity contribution is -0.156. The van der Waals surface area contributed by atoms with E-state index in [9.17, 15) is 19.8 Å². The molecular formula is C11H13NO6. The molecule has 1 rings (SSSR count). The first kappa shape index (κ1) is 13.8. The zero-order valence-electron chi connectivity index (χ0n) is 9.37. The van der Waals surface area contributed by atoms with Crippen molar-refractivity contribution in [2.45, 2.75) is 12.5 Å². The Morgan fingerprint density at radius 1 is 1.33 bits per heavy atom. The second kappa shape index (κ2) is 5.87. The van der Waals surface area contributed by atoms with Crippen molar-refractivity contribution in [1.29, 1.82) is 0 Å². The number of phenols is 2. The average Bonchev–Trinajstić information content (AvgIpc) is 2.31. The van der Waals surface area contributed by atoms with E-state index < -0.39 is 24.6 Å². The van der Waals surface area contributed by atoms with E-state index in [0.717, 1.165) is 0 Å². The van der Waals surface area contributed by atoms with Crippen molar-refractivity contribution in [3.63, 3.8) is 0 Å². The maximum Gasteiger partial charge on any atom is 0.341 e. The molecule has 0 aliphatic rings. The molecule has 7 nitrogen and oxygen atoms in total. The van der Waals surface area contributed by atoms with Crippen molar-refractivity contribution in [3.05, 3.63) is 23.8 Å². The lowest BCUT2D eigenvalue weighted by atomic mass is 10.1. The summed E-state index contributed by atoms with van der Waals surface area (Å²) in [7, 11) is 0. The molecule has 1 aromatic rings.